The first kappa shape index (κ1) is 24.7. The van der Waals surface area contributed by atoms with E-state index >= 15 is 0 Å². The molecule has 2 atom stereocenters. The maximum absolute atomic E-state index is 11.6. The minimum Gasteiger partial charge on any atom is -0.486 e. The molecule has 0 amide bonds. The van der Waals surface area contributed by atoms with Crippen LogP contribution in [0.5, 0.6) is 5.75 Å². The molecule has 10 nitrogen and oxygen atoms in total. The predicted octanol–water partition coefficient (Wildman–Crippen LogP) is 2.44. The second-order valence-corrected chi connectivity index (χ2v) is 9.89. The summed E-state index contributed by atoms with van der Waals surface area (Å²) in [7, 11) is -0.966. The molecule has 1 unspecified atom stereocenters. The Morgan fingerprint density at radius 2 is 1.83 bits per heavy atom. The molecule has 11 heteroatoms. The largest absolute Gasteiger partial charge is 0.486 e. The fourth-order valence-electron chi connectivity index (χ4n) is 4.23. The summed E-state index contributed by atoms with van der Waals surface area (Å²) in [5.74, 6) is 1.20. The van der Waals surface area contributed by atoms with Crippen LogP contribution in [0.3, 0.4) is 0 Å². The van der Waals surface area contributed by atoms with E-state index in [0.29, 0.717) is 54.7 Å². The van der Waals surface area contributed by atoms with Crippen LogP contribution in [-0.4, -0.2) is 66.8 Å². The fraction of sp³-hybridized carbons (Fsp3) is 0.375. The number of hydrogen-bond donors (Lipinski definition) is 2. The van der Waals surface area contributed by atoms with Crippen molar-refractivity contribution < 1.29 is 8.95 Å². The third kappa shape index (κ3) is 5.46. The zero-order valence-electron chi connectivity index (χ0n) is 20.4. The summed E-state index contributed by atoms with van der Waals surface area (Å²) < 4.78 is 19.8. The molecule has 1 fully saturated rings. The third-order valence-electron chi connectivity index (χ3n) is 6.10. The van der Waals surface area contributed by atoms with Crippen LogP contribution in [0, 0.1) is 19.3 Å². The minimum atomic E-state index is -0.966. The lowest BCUT2D eigenvalue weighted by Gasteiger charge is -2.32. The van der Waals surface area contributed by atoms with Gasteiger partial charge in [-0.15, -0.1) is 0 Å². The second kappa shape index (κ2) is 10.4. The molecule has 1 saturated heterocycles. The molecule has 0 saturated carbocycles. The number of nitrogens with two attached hydrogens (primary N) is 1. The maximum atomic E-state index is 11.6. The first-order chi connectivity index (χ1) is 16.7. The Balaban J connectivity index is 1.49. The van der Waals surface area contributed by atoms with Crippen LogP contribution >= 0.6 is 0 Å². The molecule has 1 aliphatic heterocycles. The zero-order chi connectivity index (χ0) is 25.1. The van der Waals surface area contributed by atoms with Crippen molar-refractivity contribution in [1.29, 1.82) is 5.41 Å². The SMILES string of the molecule is Cc1cnnc(C)c1[C@H](C)Oc1ccc(N)c(C(=N)c2cnc(N3CCN(S(C)=O)CC3)nc2)c1. The molecule has 1 aromatic carbocycles. The highest BCUT2D eigenvalue weighted by atomic mass is 32.2. The lowest BCUT2D eigenvalue weighted by atomic mass is 10.0. The van der Waals surface area contributed by atoms with E-state index in [1.54, 1.807) is 43.0 Å². The van der Waals surface area contributed by atoms with Crippen LogP contribution in [0.4, 0.5) is 11.6 Å². The Kier molecular flexibility index (Phi) is 7.37. The smallest absolute Gasteiger partial charge is 0.225 e. The number of benzene rings is 1. The normalized spacial score (nSPS) is 16.1. The fourth-order valence-corrected chi connectivity index (χ4v) is 4.91. The van der Waals surface area contributed by atoms with E-state index in [1.165, 1.54) is 0 Å². The molecule has 0 bridgehead atoms. The molecular formula is C24H30N8O2S. The van der Waals surface area contributed by atoms with Gasteiger partial charge in [0.05, 0.1) is 28.6 Å². The molecular weight excluding hydrogens is 464 g/mol. The summed E-state index contributed by atoms with van der Waals surface area (Å²) in [4.78, 5) is 11.0. The number of piperazine rings is 1. The third-order valence-corrected chi connectivity index (χ3v) is 7.19. The summed E-state index contributed by atoms with van der Waals surface area (Å²) in [6, 6.07) is 5.30. The molecule has 35 heavy (non-hydrogen) atoms. The average molecular weight is 495 g/mol. The van der Waals surface area contributed by atoms with E-state index in [-0.39, 0.29) is 11.8 Å². The lowest BCUT2D eigenvalue weighted by Crippen LogP contribution is -2.47. The quantitative estimate of drug-likeness (QED) is 0.378. The zero-order valence-corrected chi connectivity index (χ0v) is 21.2. The Morgan fingerprint density at radius 3 is 2.46 bits per heavy atom. The summed E-state index contributed by atoms with van der Waals surface area (Å²) in [5, 5.41) is 16.8. The van der Waals surface area contributed by atoms with Gasteiger partial charge in [0, 0.05) is 67.2 Å². The van der Waals surface area contributed by atoms with Crippen molar-refractivity contribution in [2.24, 2.45) is 0 Å². The van der Waals surface area contributed by atoms with Gasteiger partial charge in [0.1, 0.15) is 11.9 Å². The molecule has 4 rings (SSSR count). The summed E-state index contributed by atoms with van der Waals surface area (Å²) in [6.07, 6.45) is 6.45. The molecule has 3 heterocycles. The topological polar surface area (TPSA) is 134 Å². The molecule has 0 spiro atoms. The Bertz CT molecular complexity index is 1220. The first-order valence-electron chi connectivity index (χ1n) is 11.3. The number of anilines is 2. The standard InChI is InChI=1S/C24H30N8O2S/c1-15-12-29-30-16(2)22(15)17(3)34-19-5-6-21(25)20(11-19)23(26)18-13-27-24(28-14-18)31-7-9-32(10-8-31)35(4)33/h5-6,11-14,17,26H,7-10,25H2,1-4H3/t17-,35?/m0/s1. The van der Waals surface area contributed by atoms with Crippen molar-refractivity contribution in [3.63, 3.8) is 0 Å². The highest BCUT2D eigenvalue weighted by Crippen LogP contribution is 2.28. The van der Waals surface area contributed by atoms with Gasteiger partial charge in [0.15, 0.2) is 0 Å². The average Bonchev–Trinajstić information content (AvgIpc) is 2.85. The van der Waals surface area contributed by atoms with E-state index < -0.39 is 11.0 Å². The van der Waals surface area contributed by atoms with Gasteiger partial charge in [0.2, 0.25) is 5.95 Å². The minimum absolute atomic E-state index is 0.219. The molecule has 184 valence electrons. The van der Waals surface area contributed by atoms with Gasteiger partial charge in [-0.1, -0.05) is 0 Å². The Morgan fingerprint density at radius 1 is 1.14 bits per heavy atom. The van der Waals surface area contributed by atoms with Gasteiger partial charge in [-0.3, -0.25) is 5.41 Å². The molecule has 3 N–H and O–H groups in total. The highest BCUT2D eigenvalue weighted by molar-refractivity contribution is 7.81. The number of nitrogens with zero attached hydrogens (tertiary/aromatic N) is 6. The highest BCUT2D eigenvalue weighted by Gasteiger charge is 2.21. The van der Waals surface area contributed by atoms with Crippen LogP contribution in [-0.2, 0) is 11.0 Å². The molecule has 0 aliphatic carbocycles. The van der Waals surface area contributed by atoms with Crippen LogP contribution in [0.2, 0.25) is 0 Å². The monoisotopic (exact) mass is 494 g/mol. The van der Waals surface area contributed by atoms with Crippen LogP contribution < -0.4 is 15.4 Å². The predicted molar refractivity (Wildman–Crippen MR) is 137 cm³/mol. The van der Waals surface area contributed by atoms with E-state index in [1.807, 2.05) is 25.1 Å². The Labute approximate surface area is 207 Å². The van der Waals surface area contributed by atoms with Gasteiger partial charge in [0.25, 0.3) is 0 Å². The lowest BCUT2D eigenvalue weighted by molar-refractivity contribution is 0.224. The van der Waals surface area contributed by atoms with Crippen molar-refractivity contribution in [2.45, 2.75) is 26.9 Å². The number of hydrogen-bond acceptors (Lipinski definition) is 9. The number of ether oxygens (including phenoxy) is 1. The van der Waals surface area contributed by atoms with E-state index in [9.17, 15) is 4.21 Å². The van der Waals surface area contributed by atoms with E-state index in [4.69, 9.17) is 15.9 Å². The van der Waals surface area contributed by atoms with Crippen LogP contribution in [0.25, 0.3) is 0 Å². The van der Waals surface area contributed by atoms with Crippen molar-refractivity contribution in [3.8, 4) is 5.75 Å². The molecule has 3 aromatic rings. The molecule has 0 radical (unpaired) electrons. The molecule has 2 aromatic heterocycles. The number of nitrogen functional groups attached to an aromatic ring is 1. The number of rotatable bonds is 7. The van der Waals surface area contributed by atoms with Gasteiger partial charge in [-0.2, -0.15) is 10.2 Å². The van der Waals surface area contributed by atoms with E-state index in [2.05, 4.69) is 25.1 Å². The number of aryl methyl sites for hydroxylation is 2. The van der Waals surface area contributed by atoms with Crippen LogP contribution in [0.1, 0.15) is 41.0 Å². The van der Waals surface area contributed by atoms with Crippen molar-refractivity contribution in [2.75, 3.05) is 43.1 Å². The maximum Gasteiger partial charge on any atom is 0.225 e. The van der Waals surface area contributed by atoms with Gasteiger partial charge in [-0.25, -0.2) is 18.5 Å². The summed E-state index contributed by atoms with van der Waals surface area (Å²) >= 11 is 0. The number of aromatic nitrogens is 4. The summed E-state index contributed by atoms with van der Waals surface area (Å²) in [5.41, 5.74) is 10.8. The van der Waals surface area contributed by atoms with Crippen LogP contribution in [0.15, 0.2) is 36.8 Å². The second-order valence-electron chi connectivity index (χ2n) is 8.52. The van der Waals surface area contributed by atoms with Crippen molar-refractivity contribution in [3.05, 3.63) is 64.7 Å². The van der Waals surface area contributed by atoms with Gasteiger partial charge >= 0.3 is 0 Å². The van der Waals surface area contributed by atoms with Gasteiger partial charge < -0.3 is 15.4 Å². The Hall–Kier alpha value is -3.44. The molecule has 1 aliphatic rings. The van der Waals surface area contributed by atoms with E-state index in [0.717, 1.165) is 16.8 Å². The van der Waals surface area contributed by atoms with Crippen molar-refractivity contribution >= 4 is 28.3 Å². The number of nitrogens with one attached hydrogen (secondary N) is 1. The summed E-state index contributed by atoms with van der Waals surface area (Å²) in [6.45, 7) is 8.65. The first-order valence-corrected chi connectivity index (χ1v) is 12.9. The van der Waals surface area contributed by atoms with Crippen molar-refractivity contribution in [1.82, 2.24) is 24.5 Å². The van der Waals surface area contributed by atoms with Gasteiger partial charge in [-0.05, 0) is 44.5 Å².